The van der Waals surface area contributed by atoms with E-state index in [0.717, 1.165) is 5.56 Å². The number of carbonyl (C=O) groups is 2. The zero-order valence-corrected chi connectivity index (χ0v) is 23.2. The van der Waals surface area contributed by atoms with E-state index >= 15 is 0 Å². The molecular formula is C30H24BrN3O6. The van der Waals surface area contributed by atoms with Crippen LogP contribution in [0, 0.1) is 26.9 Å². The summed E-state index contributed by atoms with van der Waals surface area (Å²) >= 11 is 3.45. The number of halogens is 1. The number of nitro benzene ring substituents is 1. The maximum absolute atomic E-state index is 14.5. The third-order valence-electron chi connectivity index (χ3n) is 7.51. The number of hydrogen-bond acceptors (Lipinski definition) is 8. The topological polar surface area (TPSA) is 123 Å². The predicted molar refractivity (Wildman–Crippen MR) is 151 cm³/mol. The number of ketones is 1. The summed E-state index contributed by atoms with van der Waals surface area (Å²) in [6.07, 6.45) is 3.60. The monoisotopic (exact) mass is 601 g/mol. The molecule has 5 rings (SSSR count). The fourth-order valence-electron chi connectivity index (χ4n) is 5.78. The Morgan fingerprint density at radius 2 is 1.88 bits per heavy atom. The molecule has 0 aromatic heterocycles. The molecule has 1 fully saturated rings. The Morgan fingerprint density at radius 1 is 1.15 bits per heavy atom. The van der Waals surface area contributed by atoms with Crippen molar-refractivity contribution in [3.8, 4) is 11.8 Å². The number of anilines is 1. The quantitative estimate of drug-likeness (QED) is 0.146. The van der Waals surface area contributed by atoms with Gasteiger partial charge in [0.2, 0.25) is 0 Å². The van der Waals surface area contributed by atoms with Crippen molar-refractivity contribution in [1.29, 1.82) is 5.26 Å². The average molecular weight is 602 g/mol. The number of rotatable bonds is 7. The summed E-state index contributed by atoms with van der Waals surface area (Å²) in [4.78, 5) is 41.0. The van der Waals surface area contributed by atoms with Crippen molar-refractivity contribution in [2.75, 3.05) is 18.6 Å². The van der Waals surface area contributed by atoms with Crippen LogP contribution in [0.15, 0.2) is 77.3 Å². The Bertz CT molecular complexity index is 1580. The van der Waals surface area contributed by atoms with E-state index in [-0.39, 0.29) is 18.1 Å². The minimum Gasteiger partial charge on any atom is -0.496 e. The second kappa shape index (κ2) is 10.6. The number of nitriles is 1. The maximum atomic E-state index is 14.5. The lowest BCUT2D eigenvalue weighted by Crippen LogP contribution is -2.47. The fraction of sp³-hybridized carbons (Fsp3) is 0.233. The zero-order chi connectivity index (χ0) is 28.6. The molecule has 2 aliphatic heterocycles. The predicted octanol–water partition coefficient (Wildman–Crippen LogP) is 5.69. The van der Waals surface area contributed by atoms with E-state index in [2.05, 4.69) is 22.0 Å². The lowest BCUT2D eigenvalue weighted by atomic mass is 9.68. The molecular weight excluding hydrogens is 578 g/mol. The Kier molecular flexibility index (Phi) is 7.17. The van der Waals surface area contributed by atoms with Crippen molar-refractivity contribution >= 4 is 45.1 Å². The number of Topliss-reactive ketones (excluding diaryl/α,β-unsaturated/α-hetero) is 1. The summed E-state index contributed by atoms with van der Waals surface area (Å²) < 4.78 is 11.4. The van der Waals surface area contributed by atoms with Gasteiger partial charge in [-0.3, -0.25) is 19.7 Å². The van der Waals surface area contributed by atoms with Crippen LogP contribution in [0.5, 0.6) is 5.75 Å². The number of benzene rings is 3. The zero-order valence-electron chi connectivity index (χ0n) is 21.6. The van der Waals surface area contributed by atoms with Gasteiger partial charge in [-0.1, -0.05) is 42.5 Å². The Hall–Kier alpha value is -4.49. The van der Waals surface area contributed by atoms with Crippen LogP contribution >= 0.6 is 15.9 Å². The van der Waals surface area contributed by atoms with Crippen LogP contribution in [0.2, 0.25) is 0 Å². The summed E-state index contributed by atoms with van der Waals surface area (Å²) in [6.45, 7) is 1.69. The van der Waals surface area contributed by atoms with Gasteiger partial charge in [-0.2, -0.15) is 5.26 Å². The van der Waals surface area contributed by atoms with E-state index in [0.29, 0.717) is 27.0 Å². The van der Waals surface area contributed by atoms with Crippen molar-refractivity contribution in [3.63, 3.8) is 0 Å². The lowest BCUT2D eigenvalue weighted by Gasteiger charge is -2.36. The van der Waals surface area contributed by atoms with Crippen LogP contribution in [0.3, 0.4) is 0 Å². The first-order valence-electron chi connectivity index (χ1n) is 12.5. The van der Waals surface area contributed by atoms with Gasteiger partial charge in [0.15, 0.2) is 11.2 Å². The van der Waals surface area contributed by atoms with Crippen molar-refractivity contribution in [3.05, 3.63) is 104 Å². The highest BCUT2D eigenvalue weighted by molar-refractivity contribution is 9.10. The van der Waals surface area contributed by atoms with Crippen LogP contribution in [0.1, 0.15) is 34.3 Å². The van der Waals surface area contributed by atoms with Crippen molar-refractivity contribution in [2.24, 2.45) is 5.41 Å². The molecule has 2 heterocycles. The molecule has 0 radical (unpaired) electrons. The number of carbonyl (C=O) groups excluding carboxylic acids is 2. The molecule has 1 saturated heterocycles. The lowest BCUT2D eigenvalue weighted by molar-refractivity contribution is -0.384. The van der Waals surface area contributed by atoms with E-state index in [1.807, 2.05) is 35.2 Å². The van der Waals surface area contributed by atoms with Gasteiger partial charge in [0.05, 0.1) is 35.2 Å². The van der Waals surface area contributed by atoms with Gasteiger partial charge < -0.3 is 14.4 Å². The first kappa shape index (κ1) is 27.1. The number of hydrogen-bond donors (Lipinski definition) is 0. The third-order valence-corrected chi connectivity index (χ3v) is 8.13. The number of fused-ring (bicyclic) bond motifs is 3. The van der Waals surface area contributed by atoms with Crippen LogP contribution < -0.4 is 9.64 Å². The summed E-state index contributed by atoms with van der Waals surface area (Å²) in [5.41, 5.74) is 0.312. The number of non-ortho nitro benzene ring substituents is 1. The Labute approximate surface area is 238 Å². The fourth-order valence-corrected chi connectivity index (χ4v) is 6.33. The number of ether oxygens (including phenoxy) is 2. The molecule has 40 heavy (non-hydrogen) atoms. The van der Waals surface area contributed by atoms with Crippen LogP contribution in [0.4, 0.5) is 11.4 Å². The van der Waals surface area contributed by atoms with Gasteiger partial charge >= 0.3 is 5.97 Å². The van der Waals surface area contributed by atoms with Crippen molar-refractivity contribution in [1.82, 2.24) is 0 Å². The van der Waals surface area contributed by atoms with Gasteiger partial charge in [0.1, 0.15) is 11.8 Å². The summed E-state index contributed by atoms with van der Waals surface area (Å²) in [6, 6.07) is 18.4. The molecule has 202 valence electrons. The molecule has 10 heteroatoms. The molecule has 0 saturated carbocycles. The van der Waals surface area contributed by atoms with E-state index < -0.39 is 34.3 Å². The molecule has 0 aliphatic carbocycles. The van der Waals surface area contributed by atoms with Crippen LogP contribution in [-0.2, 0) is 9.53 Å². The number of nitrogens with zero attached hydrogens (tertiary/aromatic N) is 3. The molecule has 0 bridgehead atoms. The molecule has 9 nitrogen and oxygen atoms in total. The molecule has 0 amide bonds. The van der Waals surface area contributed by atoms with E-state index in [9.17, 15) is 25.0 Å². The van der Waals surface area contributed by atoms with Gasteiger partial charge in [0.25, 0.3) is 5.69 Å². The summed E-state index contributed by atoms with van der Waals surface area (Å²) in [7, 11) is 1.52. The maximum Gasteiger partial charge on any atom is 0.329 e. The minimum absolute atomic E-state index is 0.0340. The Balaban J connectivity index is 1.79. The Morgan fingerprint density at radius 3 is 2.50 bits per heavy atom. The molecule has 0 N–H and O–H groups in total. The van der Waals surface area contributed by atoms with Gasteiger partial charge in [-0.25, -0.2) is 0 Å². The first-order valence-corrected chi connectivity index (χ1v) is 13.3. The molecule has 0 spiro atoms. The van der Waals surface area contributed by atoms with E-state index in [1.54, 1.807) is 31.2 Å². The normalized spacial score (nSPS) is 22.6. The van der Waals surface area contributed by atoms with E-state index in [1.165, 1.54) is 31.4 Å². The summed E-state index contributed by atoms with van der Waals surface area (Å²) in [5.74, 6) is -1.57. The highest BCUT2D eigenvalue weighted by atomic mass is 79.9. The average Bonchev–Trinajstić information content (AvgIpc) is 3.28. The van der Waals surface area contributed by atoms with Crippen LogP contribution in [-0.4, -0.2) is 42.5 Å². The minimum atomic E-state index is -1.83. The summed E-state index contributed by atoms with van der Waals surface area (Å²) in [5, 5.41) is 22.2. The van der Waals surface area contributed by atoms with E-state index in [4.69, 9.17) is 9.47 Å². The SMILES string of the molecule is CCOC(=O)[C@]1(C#N)[C@@H](c2ccc([N+](=O)[O-])cc2)[C@@H](C(=O)c2ccc(OC)c(Br)c2)N2c3ccccc3C=C[C@@H]21. The molecule has 0 unspecified atom stereocenters. The van der Waals surface area contributed by atoms with Gasteiger partial charge in [-0.15, -0.1) is 0 Å². The smallest absolute Gasteiger partial charge is 0.329 e. The standard InChI is InChI=1S/C30H24BrN3O6/c1-3-40-29(36)30(17-32)25-15-11-18-6-4-5-7-23(18)33(25)27(26(30)19-8-12-21(13-9-19)34(37)38)28(35)20-10-14-24(39-2)22(31)16-20/h4-16,25-27H,3H2,1-2H3/t25-,26+,27+,30+/m1/s1. The molecule has 3 aromatic rings. The highest BCUT2D eigenvalue weighted by Crippen LogP contribution is 2.56. The van der Waals surface area contributed by atoms with Crippen molar-refractivity contribution in [2.45, 2.75) is 24.9 Å². The molecule has 4 atom stereocenters. The number of para-hydroxylation sites is 1. The highest BCUT2D eigenvalue weighted by Gasteiger charge is 2.67. The second-order valence-electron chi connectivity index (χ2n) is 9.46. The number of methoxy groups -OCH3 is 1. The largest absolute Gasteiger partial charge is 0.496 e. The number of esters is 1. The van der Waals surface area contributed by atoms with Crippen molar-refractivity contribution < 1.29 is 24.0 Å². The van der Waals surface area contributed by atoms with Gasteiger partial charge in [-0.05, 0) is 58.2 Å². The van der Waals surface area contributed by atoms with Gasteiger partial charge in [0, 0.05) is 29.3 Å². The number of nitro groups is 1. The van der Waals surface area contributed by atoms with Crippen LogP contribution in [0.25, 0.3) is 6.08 Å². The molecule has 3 aromatic carbocycles. The second-order valence-corrected chi connectivity index (χ2v) is 10.3. The first-order chi connectivity index (χ1) is 19.3. The third kappa shape index (κ3) is 4.14. The molecule has 2 aliphatic rings.